The summed E-state index contributed by atoms with van der Waals surface area (Å²) < 4.78 is 5.73. The van der Waals surface area contributed by atoms with E-state index in [0.717, 1.165) is 49.0 Å². The number of aliphatic hydroxyl groups is 1. The Labute approximate surface area is 182 Å². The molecule has 1 aromatic heterocycles. The van der Waals surface area contributed by atoms with Crippen molar-refractivity contribution in [2.24, 2.45) is 0 Å². The minimum Gasteiger partial charge on any atom is -0.507 e. The minimum atomic E-state index is -0.629. The molecule has 1 saturated carbocycles. The number of aryl methyl sites for hydroxylation is 1. The van der Waals surface area contributed by atoms with Crippen molar-refractivity contribution in [3.8, 4) is 5.75 Å². The normalized spacial score (nSPS) is 21.1. The number of ketones is 1. The number of nitrogens with zero attached hydrogens (tertiary/aromatic N) is 2. The molecule has 2 heterocycles. The molecule has 162 valence electrons. The van der Waals surface area contributed by atoms with E-state index in [1.165, 1.54) is 0 Å². The average Bonchev–Trinajstić information content (AvgIpc) is 3.40. The van der Waals surface area contributed by atoms with Crippen molar-refractivity contribution in [3.05, 3.63) is 65.0 Å². The fourth-order valence-electron chi connectivity index (χ4n) is 4.61. The van der Waals surface area contributed by atoms with E-state index in [1.807, 2.05) is 13.8 Å². The van der Waals surface area contributed by atoms with E-state index in [-0.39, 0.29) is 17.4 Å². The molecule has 1 aliphatic carbocycles. The number of aliphatic hydroxyl groups excluding tert-OH is 1. The van der Waals surface area contributed by atoms with Crippen molar-refractivity contribution in [2.75, 3.05) is 6.61 Å². The van der Waals surface area contributed by atoms with Crippen molar-refractivity contribution in [1.82, 2.24) is 9.88 Å². The summed E-state index contributed by atoms with van der Waals surface area (Å²) in [5.74, 6) is -0.564. The summed E-state index contributed by atoms with van der Waals surface area (Å²) in [4.78, 5) is 31.9. The molecular formula is C25H28N2O4. The van der Waals surface area contributed by atoms with E-state index in [9.17, 15) is 14.7 Å². The van der Waals surface area contributed by atoms with Gasteiger partial charge in [-0.05, 0) is 67.6 Å². The first-order valence-electron chi connectivity index (χ1n) is 11.0. The maximum atomic E-state index is 13.1. The Morgan fingerprint density at radius 1 is 1.16 bits per heavy atom. The lowest BCUT2D eigenvalue weighted by molar-refractivity contribution is -0.141. The SMILES string of the molecule is CCCOc1ccc(/C(O)=C2/C(=O)C(=O)N(C3CCCC3)C2c2ccncc2)cc1C. The second-order valence-electron chi connectivity index (χ2n) is 8.25. The quantitative estimate of drug-likeness (QED) is 0.422. The standard InChI is InChI=1S/C25H28N2O4/c1-3-14-31-20-9-8-18(15-16(20)2)23(28)21-22(17-10-12-26-13-11-17)27(25(30)24(21)29)19-6-4-5-7-19/h8-13,15,19,22,28H,3-7,14H2,1-2H3/b23-21-. The fraction of sp³-hybridized carbons (Fsp3) is 0.400. The molecule has 1 N–H and O–H groups in total. The van der Waals surface area contributed by atoms with Crippen molar-refractivity contribution in [3.63, 3.8) is 0 Å². The lowest BCUT2D eigenvalue weighted by atomic mass is 9.95. The van der Waals surface area contributed by atoms with Gasteiger partial charge in [-0.3, -0.25) is 14.6 Å². The number of carbonyl (C=O) groups excluding carboxylic acids is 2. The molecule has 2 aromatic rings. The second kappa shape index (κ2) is 8.92. The number of aromatic nitrogens is 1. The smallest absolute Gasteiger partial charge is 0.295 e. The summed E-state index contributed by atoms with van der Waals surface area (Å²) in [6.07, 6.45) is 8.01. The summed E-state index contributed by atoms with van der Waals surface area (Å²) >= 11 is 0. The molecule has 0 radical (unpaired) electrons. The van der Waals surface area contributed by atoms with Gasteiger partial charge >= 0.3 is 0 Å². The van der Waals surface area contributed by atoms with Crippen LogP contribution in [-0.4, -0.2) is 39.3 Å². The Bertz CT molecular complexity index is 1010. The third-order valence-electron chi connectivity index (χ3n) is 6.13. The summed E-state index contributed by atoms with van der Waals surface area (Å²) in [6, 6.07) is 8.34. The van der Waals surface area contributed by atoms with Crippen molar-refractivity contribution in [1.29, 1.82) is 0 Å². The van der Waals surface area contributed by atoms with E-state index >= 15 is 0 Å². The molecule has 2 aliphatic rings. The number of amides is 1. The number of likely N-dealkylation sites (tertiary alicyclic amines) is 1. The van der Waals surface area contributed by atoms with Crippen LogP contribution in [0, 0.1) is 6.92 Å². The molecular weight excluding hydrogens is 392 g/mol. The van der Waals surface area contributed by atoms with Gasteiger partial charge in [0.05, 0.1) is 18.2 Å². The van der Waals surface area contributed by atoms with Crippen LogP contribution < -0.4 is 4.74 Å². The summed E-state index contributed by atoms with van der Waals surface area (Å²) in [5, 5.41) is 11.2. The molecule has 2 fully saturated rings. The number of benzene rings is 1. The molecule has 4 rings (SSSR count). The molecule has 6 heteroatoms. The molecule has 1 unspecified atom stereocenters. The van der Waals surface area contributed by atoms with Crippen LogP contribution in [0.4, 0.5) is 0 Å². The minimum absolute atomic E-state index is 0.00599. The summed E-state index contributed by atoms with van der Waals surface area (Å²) in [5.41, 5.74) is 2.29. The summed E-state index contributed by atoms with van der Waals surface area (Å²) in [7, 11) is 0. The van der Waals surface area contributed by atoms with Crippen LogP contribution in [0.3, 0.4) is 0 Å². The number of Topliss-reactive ketones (excluding diaryl/α,β-unsaturated/α-hetero) is 1. The Morgan fingerprint density at radius 3 is 2.52 bits per heavy atom. The van der Waals surface area contributed by atoms with E-state index < -0.39 is 17.7 Å². The highest BCUT2D eigenvalue weighted by atomic mass is 16.5. The third-order valence-corrected chi connectivity index (χ3v) is 6.13. The van der Waals surface area contributed by atoms with Gasteiger partial charge in [-0.25, -0.2) is 0 Å². The van der Waals surface area contributed by atoms with E-state index in [2.05, 4.69) is 4.98 Å². The second-order valence-corrected chi connectivity index (χ2v) is 8.25. The zero-order chi connectivity index (χ0) is 22.0. The number of hydrogen-bond acceptors (Lipinski definition) is 5. The molecule has 1 saturated heterocycles. The Balaban J connectivity index is 1.80. The third kappa shape index (κ3) is 3.94. The van der Waals surface area contributed by atoms with E-state index in [4.69, 9.17) is 4.74 Å². The van der Waals surface area contributed by atoms with Gasteiger partial charge in [-0.15, -0.1) is 0 Å². The number of rotatable bonds is 6. The summed E-state index contributed by atoms with van der Waals surface area (Å²) in [6.45, 7) is 4.55. The zero-order valence-corrected chi connectivity index (χ0v) is 18.0. The molecule has 31 heavy (non-hydrogen) atoms. The van der Waals surface area contributed by atoms with Crippen molar-refractivity contribution >= 4 is 17.4 Å². The van der Waals surface area contributed by atoms with Crippen LogP contribution in [0.5, 0.6) is 5.75 Å². The van der Waals surface area contributed by atoms with Gasteiger partial charge in [0.2, 0.25) is 0 Å². The average molecular weight is 421 g/mol. The lowest BCUT2D eigenvalue weighted by Gasteiger charge is -2.30. The first-order chi connectivity index (χ1) is 15.0. The van der Waals surface area contributed by atoms with Gasteiger partial charge in [0.15, 0.2) is 0 Å². The number of ether oxygens (including phenoxy) is 1. The van der Waals surface area contributed by atoms with Gasteiger partial charge in [0, 0.05) is 24.0 Å². The maximum Gasteiger partial charge on any atom is 0.295 e. The lowest BCUT2D eigenvalue weighted by Crippen LogP contribution is -2.37. The van der Waals surface area contributed by atoms with Crippen LogP contribution >= 0.6 is 0 Å². The van der Waals surface area contributed by atoms with Gasteiger partial charge in [-0.2, -0.15) is 0 Å². The van der Waals surface area contributed by atoms with E-state index in [0.29, 0.717) is 12.2 Å². The molecule has 1 atom stereocenters. The largest absolute Gasteiger partial charge is 0.507 e. The van der Waals surface area contributed by atoms with Crippen LogP contribution in [-0.2, 0) is 9.59 Å². The molecule has 0 spiro atoms. The highest BCUT2D eigenvalue weighted by Crippen LogP contribution is 2.43. The molecule has 1 aromatic carbocycles. The van der Waals surface area contributed by atoms with Crippen LogP contribution in [0.15, 0.2) is 48.3 Å². The van der Waals surface area contributed by atoms with Crippen LogP contribution in [0.2, 0.25) is 0 Å². The Kier molecular flexibility index (Phi) is 6.07. The highest BCUT2D eigenvalue weighted by Gasteiger charge is 2.49. The number of hydrogen-bond donors (Lipinski definition) is 1. The Morgan fingerprint density at radius 2 is 1.87 bits per heavy atom. The zero-order valence-electron chi connectivity index (χ0n) is 18.0. The fourth-order valence-corrected chi connectivity index (χ4v) is 4.61. The molecule has 6 nitrogen and oxygen atoms in total. The predicted molar refractivity (Wildman–Crippen MR) is 118 cm³/mol. The van der Waals surface area contributed by atoms with Crippen LogP contribution in [0.1, 0.15) is 61.8 Å². The maximum absolute atomic E-state index is 13.1. The molecule has 1 amide bonds. The molecule has 0 bridgehead atoms. The first kappa shape index (κ1) is 21.1. The van der Waals surface area contributed by atoms with Gasteiger partial charge in [-0.1, -0.05) is 19.8 Å². The first-order valence-corrected chi connectivity index (χ1v) is 11.0. The van der Waals surface area contributed by atoms with Crippen molar-refractivity contribution < 1.29 is 19.4 Å². The molecule has 1 aliphatic heterocycles. The van der Waals surface area contributed by atoms with E-state index in [1.54, 1.807) is 47.6 Å². The van der Waals surface area contributed by atoms with Crippen LogP contribution in [0.25, 0.3) is 5.76 Å². The highest BCUT2D eigenvalue weighted by molar-refractivity contribution is 6.46. The monoisotopic (exact) mass is 420 g/mol. The van der Waals surface area contributed by atoms with Gasteiger partial charge < -0.3 is 14.7 Å². The van der Waals surface area contributed by atoms with Gasteiger partial charge in [0.25, 0.3) is 11.7 Å². The Hall–Kier alpha value is -3.15. The topological polar surface area (TPSA) is 79.7 Å². The number of pyridine rings is 1. The van der Waals surface area contributed by atoms with Gasteiger partial charge in [0.1, 0.15) is 11.5 Å². The van der Waals surface area contributed by atoms with Crippen molar-refractivity contribution in [2.45, 2.75) is 58.0 Å². The predicted octanol–water partition coefficient (Wildman–Crippen LogP) is 4.54. The number of carbonyl (C=O) groups is 2.